The van der Waals surface area contributed by atoms with Gasteiger partial charge in [-0.15, -0.1) is 0 Å². The molecule has 0 saturated carbocycles. The second-order valence-electron chi connectivity index (χ2n) is 4.21. The molecule has 1 unspecified atom stereocenters. The van der Waals surface area contributed by atoms with Crippen molar-refractivity contribution in [1.29, 1.82) is 0 Å². The van der Waals surface area contributed by atoms with Gasteiger partial charge in [0.1, 0.15) is 0 Å². The number of rotatable bonds is 4. The maximum Gasteiger partial charge on any atom is 0.0486 e. The van der Waals surface area contributed by atoms with Crippen molar-refractivity contribution in [3.05, 3.63) is 64.6 Å². The summed E-state index contributed by atoms with van der Waals surface area (Å²) in [6, 6.07) is 19.2. The maximum absolute atomic E-state index is 3.55. The maximum atomic E-state index is 3.55. The van der Waals surface area contributed by atoms with Crippen LogP contribution in [-0.4, -0.2) is 6.04 Å². The highest BCUT2D eigenvalue weighted by molar-refractivity contribution is 9.10. The van der Waals surface area contributed by atoms with E-state index in [4.69, 9.17) is 0 Å². The lowest BCUT2D eigenvalue weighted by atomic mass is 10.1. The van der Waals surface area contributed by atoms with Crippen molar-refractivity contribution in [1.82, 2.24) is 0 Å². The van der Waals surface area contributed by atoms with Gasteiger partial charge in [0.05, 0.1) is 0 Å². The van der Waals surface area contributed by atoms with Crippen LogP contribution in [0, 0.1) is 0 Å². The van der Waals surface area contributed by atoms with Crippen LogP contribution in [-0.2, 0) is 6.42 Å². The molecule has 0 bridgehead atoms. The Bertz CT molecular complexity index is 467. The van der Waals surface area contributed by atoms with E-state index in [0.717, 1.165) is 16.6 Å². The zero-order valence-corrected chi connectivity index (χ0v) is 11.4. The quantitative estimate of drug-likeness (QED) is 0.874. The SMILES string of the molecule is CC(Cc1ccccc1)Nc1ccccc1Br. The van der Waals surface area contributed by atoms with Crippen molar-refractivity contribution in [2.24, 2.45) is 0 Å². The van der Waals surface area contributed by atoms with E-state index in [1.165, 1.54) is 5.56 Å². The fraction of sp³-hybridized carbons (Fsp3) is 0.200. The van der Waals surface area contributed by atoms with Crippen LogP contribution in [0.4, 0.5) is 5.69 Å². The van der Waals surface area contributed by atoms with Crippen LogP contribution in [0.25, 0.3) is 0 Å². The molecule has 1 nitrogen and oxygen atoms in total. The lowest BCUT2D eigenvalue weighted by molar-refractivity contribution is 0.789. The van der Waals surface area contributed by atoms with Crippen molar-refractivity contribution in [2.45, 2.75) is 19.4 Å². The van der Waals surface area contributed by atoms with Gasteiger partial charge in [0.15, 0.2) is 0 Å². The minimum atomic E-state index is 0.413. The summed E-state index contributed by atoms with van der Waals surface area (Å²) in [5.41, 5.74) is 2.51. The Morgan fingerprint density at radius 1 is 1.00 bits per heavy atom. The number of anilines is 1. The summed E-state index contributed by atoms with van der Waals surface area (Å²) in [5.74, 6) is 0. The zero-order chi connectivity index (χ0) is 12.1. The van der Waals surface area contributed by atoms with Crippen molar-refractivity contribution in [3.8, 4) is 0 Å². The molecule has 0 radical (unpaired) electrons. The first-order valence-corrected chi connectivity index (χ1v) is 6.60. The average molecular weight is 290 g/mol. The van der Waals surface area contributed by atoms with E-state index in [9.17, 15) is 0 Å². The third-order valence-corrected chi connectivity index (χ3v) is 3.35. The minimum absolute atomic E-state index is 0.413. The Morgan fingerprint density at radius 2 is 1.65 bits per heavy atom. The van der Waals surface area contributed by atoms with Gasteiger partial charge in [-0.2, -0.15) is 0 Å². The largest absolute Gasteiger partial charge is 0.381 e. The van der Waals surface area contributed by atoms with Gasteiger partial charge in [-0.05, 0) is 47.0 Å². The number of benzene rings is 2. The Morgan fingerprint density at radius 3 is 2.35 bits per heavy atom. The van der Waals surface area contributed by atoms with Crippen LogP contribution in [0.5, 0.6) is 0 Å². The third-order valence-electron chi connectivity index (χ3n) is 2.66. The summed E-state index contributed by atoms with van der Waals surface area (Å²) in [6.07, 6.45) is 1.03. The predicted octanol–water partition coefficient (Wildman–Crippen LogP) is 4.49. The van der Waals surface area contributed by atoms with Crippen molar-refractivity contribution >= 4 is 21.6 Å². The first-order chi connectivity index (χ1) is 8.25. The van der Waals surface area contributed by atoms with E-state index in [-0.39, 0.29) is 0 Å². The second-order valence-corrected chi connectivity index (χ2v) is 5.07. The van der Waals surface area contributed by atoms with Crippen LogP contribution in [0.2, 0.25) is 0 Å². The molecular weight excluding hydrogens is 274 g/mol. The lowest BCUT2D eigenvalue weighted by Gasteiger charge is -2.16. The molecule has 0 fully saturated rings. The van der Waals surface area contributed by atoms with Crippen molar-refractivity contribution < 1.29 is 0 Å². The molecular formula is C15H16BrN. The summed E-state index contributed by atoms with van der Waals surface area (Å²) in [7, 11) is 0. The van der Waals surface area contributed by atoms with Gasteiger partial charge in [-0.25, -0.2) is 0 Å². The van der Waals surface area contributed by atoms with Crippen molar-refractivity contribution in [2.75, 3.05) is 5.32 Å². The molecule has 0 spiro atoms. The number of halogens is 1. The van der Waals surface area contributed by atoms with E-state index in [1.807, 2.05) is 12.1 Å². The van der Waals surface area contributed by atoms with Gasteiger partial charge in [0, 0.05) is 16.2 Å². The molecule has 0 aliphatic carbocycles. The minimum Gasteiger partial charge on any atom is -0.381 e. The highest BCUT2D eigenvalue weighted by atomic mass is 79.9. The van der Waals surface area contributed by atoms with Crippen molar-refractivity contribution in [3.63, 3.8) is 0 Å². The fourth-order valence-electron chi connectivity index (χ4n) is 1.86. The first-order valence-electron chi connectivity index (χ1n) is 5.80. The smallest absolute Gasteiger partial charge is 0.0486 e. The van der Waals surface area contributed by atoms with E-state index in [1.54, 1.807) is 0 Å². The van der Waals surface area contributed by atoms with Crippen LogP contribution in [0.1, 0.15) is 12.5 Å². The molecule has 1 N–H and O–H groups in total. The Hall–Kier alpha value is -1.28. The normalized spacial score (nSPS) is 12.1. The molecule has 2 aromatic rings. The summed E-state index contributed by atoms with van der Waals surface area (Å²) in [6.45, 7) is 2.20. The molecule has 17 heavy (non-hydrogen) atoms. The van der Waals surface area contributed by atoms with E-state index in [0.29, 0.717) is 6.04 Å². The van der Waals surface area contributed by atoms with E-state index >= 15 is 0 Å². The number of para-hydroxylation sites is 1. The molecule has 1 atom stereocenters. The van der Waals surface area contributed by atoms with Gasteiger partial charge in [0.2, 0.25) is 0 Å². The summed E-state index contributed by atoms with van der Waals surface area (Å²) in [4.78, 5) is 0. The number of nitrogens with one attached hydrogen (secondary N) is 1. The average Bonchev–Trinajstić information content (AvgIpc) is 2.33. The van der Waals surface area contributed by atoms with Gasteiger partial charge in [-0.1, -0.05) is 42.5 Å². The predicted molar refractivity (Wildman–Crippen MR) is 77.4 cm³/mol. The molecule has 0 amide bonds. The molecule has 2 rings (SSSR count). The van der Waals surface area contributed by atoms with Crippen LogP contribution < -0.4 is 5.32 Å². The molecule has 0 aliphatic heterocycles. The molecule has 88 valence electrons. The number of hydrogen-bond donors (Lipinski definition) is 1. The Balaban J connectivity index is 1.98. The molecule has 0 aromatic heterocycles. The lowest BCUT2D eigenvalue weighted by Crippen LogP contribution is -2.18. The van der Waals surface area contributed by atoms with Gasteiger partial charge >= 0.3 is 0 Å². The second kappa shape index (κ2) is 5.87. The standard InChI is InChI=1S/C15H16BrN/c1-12(11-13-7-3-2-4-8-13)17-15-10-6-5-9-14(15)16/h2-10,12,17H,11H2,1H3. The summed E-state index contributed by atoms with van der Waals surface area (Å²) < 4.78 is 1.11. The summed E-state index contributed by atoms with van der Waals surface area (Å²) >= 11 is 3.55. The monoisotopic (exact) mass is 289 g/mol. The Kier molecular flexibility index (Phi) is 4.21. The molecule has 0 heterocycles. The highest BCUT2D eigenvalue weighted by Gasteiger charge is 2.05. The Labute approximate surface area is 111 Å². The fourth-order valence-corrected chi connectivity index (χ4v) is 2.26. The van der Waals surface area contributed by atoms with E-state index in [2.05, 4.69) is 70.6 Å². The zero-order valence-electron chi connectivity index (χ0n) is 9.86. The highest BCUT2D eigenvalue weighted by Crippen LogP contribution is 2.22. The molecule has 2 aromatic carbocycles. The third kappa shape index (κ3) is 3.60. The van der Waals surface area contributed by atoms with Crippen LogP contribution >= 0.6 is 15.9 Å². The molecule has 0 saturated heterocycles. The van der Waals surface area contributed by atoms with E-state index < -0.39 is 0 Å². The first kappa shape index (κ1) is 12.2. The topological polar surface area (TPSA) is 12.0 Å². The van der Waals surface area contributed by atoms with Gasteiger partial charge in [0.25, 0.3) is 0 Å². The van der Waals surface area contributed by atoms with Crippen LogP contribution in [0.3, 0.4) is 0 Å². The molecule has 2 heteroatoms. The molecule has 0 aliphatic rings. The van der Waals surface area contributed by atoms with Crippen LogP contribution in [0.15, 0.2) is 59.1 Å². The van der Waals surface area contributed by atoms with Gasteiger partial charge < -0.3 is 5.32 Å². The summed E-state index contributed by atoms with van der Waals surface area (Å²) in [5, 5.41) is 3.51. The van der Waals surface area contributed by atoms with Gasteiger partial charge in [-0.3, -0.25) is 0 Å². The number of hydrogen-bond acceptors (Lipinski definition) is 1.